The molecule has 1 unspecified atom stereocenters. The highest BCUT2D eigenvalue weighted by molar-refractivity contribution is 7.16. The molecule has 280 valence electrons. The van der Waals surface area contributed by atoms with Crippen molar-refractivity contribution in [1.29, 1.82) is 0 Å². The van der Waals surface area contributed by atoms with Gasteiger partial charge in [0, 0.05) is 33.2 Å². The van der Waals surface area contributed by atoms with Crippen molar-refractivity contribution in [3.8, 4) is 0 Å². The van der Waals surface area contributed by atoms with Crippen LogP contribution < -0.4 is 9.70 Å². The van der Waals surface area contributed by atoms with E-state index >= 15 is 0 Å². The van der Waals surface area contributed by atoms with Crippen molar-refractivity contribution in [1.82, 2.24) is 24.6 Å². The molecule has 4 aromatic rings. The average molecular weight is 772 g/mol. The first-order valence-electron chi connectivity index (χ1n) is 17.6. The minimum atomic E-state index is -1.97. The average Bonchev–Trinajstić information content (AvgIpc) is 3.65. The maximum atomic E-state index is 12.3. The van der Waals surface area contributed by atoms with E-state index in [1.165, 1.54) is 18.4 Å². The minimum absolute atomic E-state index is 0.0891. The number of aryl methyl sites for hydroxylation is 1. The van der Waals surface area contributed by atoms with Crippen molar-refractivity contribution in [2.24, 2.45) is 4.99 Å². The highest BCUT2D eigenvalue weighted by Crippen LogP contribution is 2.38. The van der Waals surface area contributed by atoms with Crippen molar-refractivity contribution >= 4 is 72.0 Å². The van der Waals surface area contributed by atoms with Gasteiger partial charge in [0.15, 0.2) is 35.6 Å². The van der Waals surface area contributed by atoms with E-state index in [0.717, 1.165) is 52.6 Å². The summed E-state index contributed by atoms with van der Waals surface area (Å²) in [5, 5.41) is 11.8. The molecule has 0 N–H and O–H groups in total. The summed E-state index contributed by atoms with van der Waals surface area (Å²) in [5.41, 5.74) is 2.23. The van der Waals surface area contributed by atoms with Gasteiger partial charge < -0.3 is 23.7 Å². The maximum Gasteiger partial charge on any atom is 0.357 e. The third-order valence-electron chi connectivity index (χ3n) is 9.09. The number of thiazole rings is 2. The first-order chi connectivity index (χ1) is 23.9. The Hall–Kier alpha value is -2.80. The SMILES string of the molecule is COC(=O)c1csc(N(CCCC(CN(C)C)O[Si](C)(C)C(C)(C)C)c2cc(C)c(/N=c3\sc4ccccc4n3COCC[Si](C)(C)C)nn2)n1. The summed E-state index contributed by atoms with van der Waals surface area (Å²) >= 11 is 2.99. The van der Waals surface area contributed by atoms with Gasteiger partial charge in [0.2, 0.25) is 0 Å². The van der Waals surface area contributed by atoms with Crippen LogP contribution in [0.4, 0.5) is 16.8 Å². The van der Waals surface area contributed by atoms with Gasteiger partial charge in [-0.2, -0.15) is 4.99 Å². The van der Waals surface area contributed by atoms with E-state index in [1.807, 2.05) is 30.0 Å². The van der Waals surface area contributed by atoms with E-state index in [9.17, 15) is 4.79 Å². The number of nitrogens with zero attached hydrogens (tertiary/aromatic N) is 7. The largest absolute Gasteiger partial charge is 0.464 e. The molecule has 0 radical (unpaired) electrons. The molecule has 4 rings (SSSR count). The summed E-state index contributed by atoms with van der Waals surface area (Å²) in [5.74, 6) is 0.721. The van der Waals surface area contributed by atoms with Crippen molar-refractivity contribution in [2.75, 3.05) is 45.8 Å². The molecule has 0 spiro atoms. The summed E-state index contributed by atoms with van der Waals surface area (Å²) in [7, 11) is 2.36. The first-order valence-corrected chi connectivity index (χ1v) is 25.9. The Bertz CT molecular complexity index is 1830. The highest BCUT2D eigenvalue weighted by atomic mass is 32.1. The molecule has 51 heavy (non-hydrogen) atoms. The normalized spacial score (nSPS) is 13.7. The Balaban J connectivity index is 1.63. The summed E-state index contributed by atoms with van der Waals surface area (Å²) in [6, 6.07) is 11.4. The molecule has 3 aromatic heterocycles. The van der Waals surface area contributed by atoms with Crippen LogP contribution in [0.15, 0.2) is 40.7 Å². The molecule has 0 bridgehead atoms. The van der Waals surface area contributed by atoms with Crippen LogP contribution >= 0.6 is 22.7 Å². The van der Waals surface area contributed by atoms with Gasteiger partial charge in [-0.15, -0.1) is 21.5 Å². The van der Waals surface area contributed by atoms with Crippen molar-refractivity contribution in [3.05, 3.63) is 51.8 Å². The van der Waals surface area contributed by atoms with Gasteiger partial charge in [-0.25, -0.2) is 9.78 Å². The molecule has 0 aliphatic rings. The second kappa shape index (κ2) is 17.4. The second-order valence-electron chi connectivity index (χ2n) is 16.0. The molecule has 1 atom stereocenters. The predicted molar refractivity (Wildman–Crippen MR) is 216 cm³/mol. The predicted octanol–water partition coefficient (Wildman–Crippen LogP) is 8.46. The van der Waals surface area contributed by atoms with E-state index in [1.54, 1.807) is 16.7 Å². The second-order valence-corrected chi connectivity index (χ2v) is 28.2. The fraction of sp³-hybridized carbons (Fsp3) is 0.583. The van der Waals surface area contributed by atoms with Gasteiger partial charge in [-0.1, -0.05) is 63.9 Å². The van der Waals surface area contributed by atoms with Crippen LogP contribution in [0.3, 0.4) is 0 Å². The van der Waals surface area contributed by atoms with Gasteiger partial charge in [0.1, 0.15) is 6.73 Å². The lowest BCUT2D eigenvalue weighted by Gasteiger charge is -2.40. The van der Waals surface area contributed by atoms with Crippen molar-refractivity contribution in [2.45, 2.75) is 97.2 Å². The summed E-state index contributed by atoms with van der Waals surface area (Å²) < 4.78 is 21.2. The number of ether oxygens (including phenoxy) is 2. The fourth-order valence-electron chi connectivity index (χ4n) is 5.12. The minimum Gasteiger partial charge on any atom is -0.464 e. The van der Waals surface area contributed by atoms with Gasteiger partial charge in [0.25, 0.3) is 0 Å². The number of anilines is 2. The monoisotopic (exact) mass is 771 g/mol. The summed E-state index contributed by atoms with van der Waals surface area (Å²) in [6.07, 6.45) is 1.78. The summed E-state index contributed by atoms with van der Waals surface area (Å²) in [4.78, 5) is 27.0. The van der Waals surface area contributed by atoms with Crippen molar-refractivity contribution in [3.63, 3.8) is 0 Å². The number of methoxy groups -OCH3 is 1. The Morgan fingerprint density at radius 2 is 1.82 bits per heavy atom. The standard InChI is InChI=1S/C36H57N7O4S2Si2/c1-26-22-31(39-40-32(26)38-35-43(25-46-20-21-50(8,9)10)29-17-13-14-18-30(29)49-35)42(34-37-28(24-48-34)33(44)45-7)19-15-16-27(23-41(5)6)47-51(11,12)36(2,3)4/h13-14,17-18,22,24,27H,15-16,19-21,23,25H2,1-12H3/b38-35-. The number of carbonyl (C=O) groups excluding carboxylic acids is 1. The lowest BCUT2D eigenvalue weighted by Crippen LogP contribution is -2.46. The molecular weight excluding hydrogens is 715 g/mol. The maximum absolute atomic E-state index is 12.3. The number of fused-ring (bicyclic) bond motifs is 1. The van der Waals surface area contributed by atoms with E-state index < -0.39 is 22.4 Å². The van der Waals surface area contributed by atoms with Crippen LogP contribution in [0.1, 0.15) is 49.7 Å². The zero-order chi connectivity index (χ0) is 37.6. The van der Waals surface area contributed by atoms with Crippen LogP contribution in [0, 0.1) is 6.92 Å². The van der Waals surface area contributed by atoms with E-state index in [4.69, 9.17) is 18.9 Å². The van der Waals surface area contributed by atoms with Crippen LogP contribution in [0.2, 0.25) is 43.8 Å². The topological polar surface area (TPSA) is 107 Å². The smallest absolute Gasteiger partial charge is 0.357 e. The molecule has 0 aliphatic heterocycles. The number of benzene rings is 1. The number of carbonyl (C=O) groups is 1. The third kappa shape index (κ3) is 11.3. The quantitative estimate of drug-likeness (QED) is 0.0594. The molecular formula is C36H57N7O4S2Si2. The number of hydrogen-bond donors (Lipinski definition) is 0. The molecule has 11 nitrogen and oxygen atoms in total. The Labute approximate surface area is 313 Å². The Morgan fingerprint density at radius 1 is 1.10 bits per heavy atom. The van der Waals surface area contributed by atoms with Gasteiger partial charge in [-0.05, 0) is 81.8 Å². The molecule has 0 fully saturated rings. The van der Waals surface area contributed by atoms with Crippen LogP contribution in [0.25, 0.3) is 10.2 Å². The number of rotatable bonds is 17. The Kier molecular flexibility index (Phi) is 13.9. The van der Waals surface area contributed by atoms with Gasteiger partial charge >= 0.3 is 5.97 Å². The zero-order valence-electron chi connectivity index (χ0n) is 32.6. The Morgan fingerprint density at radius 3 is 2.47 bits per heavy atom. The number of para-hydroxylation sites is 1. The van der Waals surface area contributed by atoms with Crippen LogP contribution in [-0.4, -0.2) is 94.0 Å². The number of likely N-dealkylation sites (N-methyl/N-ethyl adjacent to an activating group) is 1. The third-order valence-corrected chi connectivity index (χ3v) is 17.3. The van der Waals surface area contributed by atoms with E-state index in [0.29, 0.717) is 30.0 Å². The molecule has 3 heterocycles. The highest BCUT2D eigenvalue weighted by Gasteiger charge is 2.39. The molecule has 1 aromatic carbocycles. The van der Waals surface area contributed by atoms with Crippen LogP contribution in [0.5, 0.6) is 0 Å². The fourth-order valence-corrected chi connectivity index (χ4v) is 9.11. The van der Waals surface area contributed by atoms with E-state index in [-0.39, 0.29) is 16.8 Å². The number of aromatic nitrogens is 4. The lowest BCUT2D eigenvalue weighted by atomic mass is 10.2. The summed E-state index contributed by atoms with van der Waals surface area (Å²) in [6.45, 7) is 23.1. The first kappa shape index (κ1) is 41.0. The van der Waals surface area contributed by atoms with Gasteiger partial charge in [-0.3, -0.25) is 4.57 Å². The molecule has 0 aliphatic carbocycles. The number of hydrogen-bond acceptors (Lipinski definition) is 12. The molecule has 0 saturated heterocycles. The molecule has 15 heteroatoms. The number of esters is 1. The van der Waals surface area contributed by atoms with Crippen LogP contribution in [-0.2, 0) is 20.6 Å². The van der Waals surface area contributed by atoms with E-state index in [2.05, 4.69) is 104 Å². The molecule has 0 saturated carbocycles. The molecule has 0 amide bonds. The zero-order valence-corrected chi connectivity index (χ0v) is 36.2. The van der Waals surface area contributed by atoms with Crippen molar-refractivity contribution < 1.29 is 18.7 Å². The van der Waals surface area contributed by atoms with Gasteiger partial charge in [0.05, 0.1) is 23.4 Å². The lowest BCUT2D eigenvalue weighted by molar-refractivity contribution is 0.0595.